The molecule has 0 heterocycles. The molecule has 1 amide bonds. The highest BCUT2D eigenvalue weighted by molar-refractivity contribution is 5.76. The van der Waals surface area contributed by atoms with Gasteiger partial charge in [0, 0.05) is 12.6 Å². The zero-order chi connectivity index (χ0) is 19.8. The van der Waals surface area contributed by atoms with Crippen LogP contribution in [0.3, 0.4) is 0 Å². The van der Waals surface area contributed by atoms with Crippen molar-refractivity contribution in [3.8, 4) is 0 Å². The molecule has 148 valence electrons. The molecular weight excluding hydrogens is 320 g/mol. The molecule has 0 aliphatic rings. The van der Waals surface area contributed by atoms with Crippen LogP contribution in [0.4, 0.5) is 4.79 Å². The Hall–Kier alpha value is -1.30. The van der Waals surface area contributed by atoms with Crippen molar-refractivity contribution in [2.24, 2.45) is 11.8 Å². The molecule has 0 saturated carbocycles. The number of nitrogens with one attached hydrogen (secondary N) is 1. The average molecular weight is 359 g/mol. The summed E-state index contributed by atoms with van der Waals surface area (Å²) < 4.78 is 10.4. The zero-order valence-electron chi connectivity index (χ0n) is 17.5. The summed E-state index contributed by atoms with van der Waals surface area (Å²) in [4.78, 5) is 26.4. The molecule has 25 heavy (non-hydrogen) atoms. The minimum absolute atomic E-state index is 0.110. The molecule has 0 fully saturated rings. The Morgan fingerprint density at radius 3 is 2.00 bits per heavy atom. The molecule has 6 nitrogen and oxygen atoms in total. The Morgan fingerprint density at radius 2 is 1.60 bits per heavy atom. The Labute approximate surface area is 153 Å². The standard InChI is InChI=1S/C19H38N2O4/c1-10-13(3)15(20-18(23)25-19(5,6)7)12-21(8)16(14(4)11-2)17(22)24-9/h13-16H,10-12H2,1-9H3,(H,20,23)/t13-,14-,15+,16-/m0/s1. The van der Waals surface area contributed by atoms with E-state index in [4.69, 9.17) is 9.47 Å². The largest absolute Gasteiger partial charge is 0.468 e. The van der Waals surface area contributed by atoms with Crippen LogP contribution in [0.5, 0.6) is 0 Å². The lowest BCUT2D eigenvalue weighted by Crippen LogP contribution is -2.53. The summed E-state index contributed by atoms with van der Waals surface area (Å²) in [5, 5.41) is 2.97. The van der Waals surface area contributed by atoms with Crippen molar-refractivity contribution in [3.63, 3.8) is 0 Å². The van der Waals surface area contributed by atoms with Crippen molar-refractivity contribution in [1.82, 2.24) is 10.2 Å². The van der Waals surface area contributed by atoms with E-state index in [0.717, 1.165) is 12.8 Å². The lowest BCUT2D eigenvalue weighted by molar-refractivity contribution is -0.148. The van der Waals surface area contributed by atoms with Gasteiger partial charge in [-0.15, -0.1) is 0 Å². The second-order valence-corrected chi connectivity index (χ2v) is 7.93. The number of nitrogens with zero attached hydrogens (tertiary/aromatic N) is 1. The first-order valence-electron chi connectivity index (χ1n) is 9.24. The molecule has 4 atom stereocenters. The summed E-state index contributed by atoms with van der Waals surface area (Å²) in [6.07, 6.45) is 1.36. The third-order valence-corrected chi connectivity index (χ3v) is 4.62. The third-order valence-electron chi connectivity index (χ3n) is 4.62. The summed E-state index contributed by atoms with van der Waals surface area (Å²) in [6, 6.07) is -0.442. The molecule has 0 aliphatic heterocycles. The molecule has 6 heteroatoms. The van der Waals surface area contributed by atoms with E-state index < -0.39 is 11.7 Å². The number of rotatable bonds is 9. The van der Waals surface area contributed by atoms with Crippen LogP contribution >= 0.6 is 0 Å². The number of carbonyl (C=O) groups is 2. The maximum atomic E-state index is 12.2. The second kappa shape index (κ2) is 10.6. The molecule has 1 N–H and O–H groups in total. The van der Waals surface area contributed by atoms with Gasteiger partial charge in [0.25, 0.3) is 0 Å². The predicted molar refractivity (Wildman–Crippen MR) is 101 cm³/mol. The number of likely N-dealkylation sites (N-methyl/N-ethyl adjacent to an activating group) is 1. The Balaban J connectivity index is 5.16. The van der Waals surface area contributed by atoms with Crippen molar-refractivity contribution in [2.45, 2.75) is 79.0 Å². The van der Waals surface area contributed by atoms with E-state index in [9.17, 15) is 9.59 Å². The van der Waals surface area contributed by atoms with E-state index in [2.05, 4.69) is 26.1 Å². The van der Waals surface area contributed by atoms with Gasteiger partial charge in [-0.2, -0.15) is 0 Å². The number of alkyl carbamates (subject to hydrolysis) is 1. The summed E-state index contributed by atoms with van der Waals surface area (Å²) in [5.41, 5.74) is -0.540. The maximum absolute atomic E-state index is 12.2. The minimum atomic E-state index is -0.540. The van der Waals surface area contributed by atoms with Gasteiger partial charge in [-0.3, -0.25) is 9.69 Å². The van der Waals surface area contributed by atoms with Crippen molar-refractivity contribution in [3.05, 3.63) is 0 Å². The van der Waals surface area contributed by atoms with Crippen molar-refractivity contribution in [1.29, 1.82) is 0 Å². The highest BCUT2D eigenvalue weighted by atomic mass is 16.6. The summed E-state index contributed by atoms with van der Waals surface area (Å²) in [7, 11) is 3.32. The number of hydrogen-bond donors (Lipinski definition) is 1. The fourth-order valence-corrected chi connectivity index (χ4v) is 2.73. The minimum Gasteiger partial charge on any atom is -0.468 e. The third kappa shape index (κ3) is 8.56. The fourth-order valence-electron chi connectivity index (χ4n) is 2.73. The molecule has 0 aromatic rings. The van der Waals surface area contributed by atoms with Crippen LogP contribution in [0.1, 0.15) is 61.3 Å². The van der Waals surface area contributed by atoms with Crippen molar-refractivity contribution in [2.75, 3.05) is 20.7 Å². The van der Waals surface area contributed by atoms with Crippen LogP contribution in [-0.2, 0) is 14.3 Å². The average Bonchev–Trinajstić information content (AvgIpc) is 2.51. The molecule has 0 aromatic carbocycles. The Kier molecular flexibility index (Phi) is 10.1. The number of hydrogen-bond acceptors (Lipinski definition) is 5. The normalized spacial score (nSPS) is 16.7. The fraction of sp³-hybridized carbons (Fsp3) is 0.895. The van der Waals surface area contributed by atoms with Gasteiger partial charge in [0.05, 0.1) is 7.11 Å². The number of methoxy groups -OCH3 is 1. The molecule has 0 aromatic heterocycles. The molecule has 0 rings (SSSR count). The van der Waals surface area contributed by atoms with Crippen molar-refractivity contribution >= 4 is 12.1 Å². The zero-order valence-corrected chi connectivity index (χ0v) is 17.5. The van der Waals surface area contributed by atoms with Crippen LogP contribution in [-0.4, -0.2) is 55.3 Å². The molecule has 0 radical (unpaired) electrons. The highest BCUT2D eigenvalue weighted by Crippen LogP contribution is 2.18. The molecule has 0 saturated heterocycles. The summed E-state index contributed by atoms with van der Waals surface area (Å²) in [5.74, 6) is 0.179. The van der Waals surface area contributed by atoms with Gasteiger partial charge in [0.1, 0.15) is 11.6 Å². The van der Waals surface area contributed by atoms with Crippen LogP contribution < -0.4 is 5.32 Å². The second-order valence-electron chi connectivity index (χ2n) is 7.93. The van der Waals surface area contributed by atoms with E-state index in [1.54, 1.807) is 0 Å². The molecule has 0 unspecified atom stereocenters. The van der Waals surface area contributed by atoms with E-state index in [0.29, 0.717) is 6.54 Å². The van der Waals surface area contributed by atoms with Gasteiger partial charge in [-0.1, -0.05) is 40.5 Å². The monoisotopic (exact) mass is 358 g/mol. The quantitative estimate of drug-likeness (QED) is 0.640. The first-order chi connectivity index (χ1) is 11.5. The van der Waals surface area contributed by atoms with E-state index in [-0.39, 0.29) is 29.9 Å². The Bertz CT molecular complexity index is 420. The number of carbonyl (C=O) groups excluding carboxylic acids is 2. The van der Waals surface area contributed by atoms with Gasteiger partial charge in [-0.25, -0.2) is 4.79 Å². The lowest BCUT2D eigenvalue weighted by Gasteiger charge is -2.35. The SMILES string of the molecule is CC[C@H](C)[C@@H](C(=O)OC)N(C)C[C@@H](NC(=O)OC(C)(C)C)[C@@H](C)CC. The maximum Gasteiger partial charge on any atom is 0.407 e. The lowest BCUT2D eigenvalue weighted by atomic mass is 9.94. The number of esters is 1. The van der Waals surface area contributed by atoms with Gasteiger partial charge < -0.3 is 14.8 Å². The Morgan fingerprint density at radius 1 is 1.08 bits per heavy atom. The highest BCUT2D eigenvalue weighted by Gasteiger charge is 2.32. The van der Waals surface area contributed by atoms with Gasteiger partial charge in [-0.05, 0) is 39.7 Å². The molecule has 0 aliphatic carbocycles. The van der Waals surface area contributed by atoms with Gasteiger partial charge in [0.2, 0.25) is 0 Å². The molecule has 0 bridgehead atoms. The summed E-state index contributed by atoms with van der Waals surface area (Å²) in [6.45, 7) is 14.3. The first kappa shape index (κ1) is 23.7. The van der Waals surface area contributed by atoms with Crippen LogP contribution in [0.15, 0.2) is 0 Å². The van der Waals surface area contributed by atoms with E-state index in [1.807, 2.05) is 39.6 Å². The predicted octanol–water partition coefficient (Wildman–Crippen LogP) is 3.45. The van der Waals surface area contributed by atoms with Gasteiger partial charge >= 0.3 is 12.1 Å². The molecular formula is C19H38N2O4. The number of ether oxygens (including phenoxy) is 2. The topological polar surface area (TPSA) is 67.9 Å². The van der Waals surface area contributed by atoms with Gasteiger partial charge in [0.15, 0.2) is 0 Å². The smallest absolute Gasteiger partial charge is 0.407 e. The van der Waals surface area contributed by atoms with E-state index >= 15 is 0 Å². The van der Waals surface area contributed by atoms with Crippen molar-refractivity contribution < 1.29 is 19.1 Å². The first-order valence-corrected chi connectivity index (χ1v) is 9.24. The molecule has 0 spiro atoms. The van der Waals surface area contributed by atoms with E-state index in [1.165, 1.54) is 7.11 Å². The van der Waals surface area contributed by atoms with Crippen LogP contribution in [0, 0.1) is 11.8 Å². The van der Waals surface area contributed by atoms with Crippen LogP contribution in [0.2, 0.25) is 0 Å². The van der Waals surface area contributed by atoms with Crippen LogP contribution in [0.25, 0.3) is 0 Å². The number of amides is 1. The summed E-state index contributed by atoms with van der Waals surface area (Å²) >= 11 is 0.